The molecule has 0 spiro atoms. The SMILES string of the molecule is NC1(c2ccc(F)cc2)CC2CCC1N2. The molecule has 2 aliphatic rings. The van der Waals surface area contributed by atoms with E-state index in [9.17, 15) is 4.39 Å². The highest BCUT2D eigenvalue weighted by Gasteiger charge is 2.49. The molecule has 2 bridgehead atoms. The molecule has 15 heavy (non-hydrogen) atoms. The minimum atomic E-state index is -0.281. The van der Waals surface area contributed by atoms with E-state index in [1.54, 1.807) is 0 Å². The van der Waals surface area contributed by atoms with Crippen molar-refractivity contribution in [2.24, 2.45) is 5.73 Å². The Hall–Kier alpha value is -0.930. The Balaban J connectivity index is 1.96. The molecule has 1 aromatic rings. The van der Waals surface area contributed by atoms with Gasteiger partial charge < -0.3 is 11.1 Å². The summed E-state index contributed by atoms with van der Waals surface area (Å²) in [5.41, 5.74) is 7.21. The number of nitrogens with one attached hydrogen (secondary N) is 1. The number of hydrogen-bond donors (Lipinski definition) is 2. The molecule has 0 radical (unpaired) electrons. The van der Waals surface area contributed by atoms with Gasteiger partial charge in [-0.05, 0) is 37.0 Å². The van der Waals surface area contributed by atoms with Crippen molar-refractivity contribution in [1.29, 1.82) is 0 Å². The molecule has 2 aliphatic heterocycles. The predicted molar refractivity (Wildman–Crippen MR) is 56.8 cm³/mol. The Morgan fingerprint density at radius 2 is 2.00 bits per heavy atom. The van der Waals surface area contributed by atoms with Crippen molar-refractivity contribution in [3.05, 3.63) is 35.6 Å². The van der Waals surface area contributed by atoms with Crippen molar-refractivity contribution in [3.8, 4) is 0 Å². The van der Waals surface area contributed by atoms with Crippen LogP contribution in [0.4, 0.5) is 4.39 Å². The van der Waals surface area contributed by atoms with Crippen molar-refractivity contribution in [2.45, 2.75) is 36.9 Å². The molecule has 2 fully saturated rings. The largest absolute Gasteiger partial charge is 0.320 e. The molecular formula is C12H15FN2. The number of halogens is 1. The zero-order valence-electron chi connectivity index (χ0n) is 8.54. The van der Waals surface area contributed by atoms with E-state index in [4.69, 9.17) is 5.73 Å². The third-order valence-electron chi connectivity index (χ3n) is 3.83. The van der Waals surface area contributed by atoms with E-state index >= 15 is 0 Å². The van der Waals surface area contributed by atoms with Crippen LogP contribution in [0.15, 0.2) is 24.3 Å². The number of rotatable bonds is 1. The molecule has 80 valence electrons. The van der Waals surface area contributed by atoms with Crippen molar-refractivity contribution in [1.82, 2.24) is 5.32 Å². The summed E-state index contributed by atoms with van der Waals surface area (Å²) >= 11 is 0. The average molecular weight is 206 g/mol. The molecule has 0 amide bonds. The second-order valence-corrected chi connectivity index (χ2v) is 4.74. The van der Waals surface area contributed by atoms with Crippen LogP contribution in [0.3, 0.4) is 0 Å². The van der Waals surface area contributed by atoms with Gasteiger partial charge in [0.05, 0.1) is 5.54 Å². The van der Waals surface area contributed by atoms with Gasteiger partial charge >= 0.3 is 0 Å². The summed E-state index contributed by atoms with van der Waals surface area (Å²) in [4.78, 5) is 0. The molecule has 3 atom stereocenters. The fourth-order valence-electron chi connectivity index (χ4n) is 3.02. The van der Waals surface area contributed by atoms with Gasteiger partial charge in [-0.2, -0.15) is 0 Å². The van der Waals surface area contributed by atoms with Crippen LogP contribution in [0.5, 0.6) is 0 Å². The van der Waals surface area contributed by atoms with Crippen LogP contribution < -0.4 is 11.1 Å². The highest BCUT2D eigenvalue weighted by molar-refractivity contribution is 5.30. The minimum absolute atomic E-state index is 0.196. The summed E-state index contributed by atoms with van der Waals surface area (Å²) in [5.74, 6) is -0.196. The lowest BCUT2D eigenvalue weighted by atomic mass is 9.77. The molecule has 0 saturated carbocycles. The van der Waals surface area contributed by atoms with E-state index in [0.29, 0.717) is 12.1 Å². The van der Waals surface area contributed by atoms with Gasteiger partial charge in [0.25, 0.3) is 0 Å². The van der Waals surface area contributed by atoms with E-state index in [0.717, 1.165) is 18.4 Å². The van der Waals surface area contributed by atoms with Crippen molar-refractivity contribution in [3.63, 3.8) is 0 Å². The van der Waals surface area contributed by atoms with E-state index in [1.807, 2.05) is 12.1 Å². The molecule has 3 unspecified atom stereocenters. The van der Waals surface area contributed by atoms with Crippen LogP contribution in [0.25, 0.3) is 0 Å². The van der Waals surface area contributed by atoms with Crippen LogP contribution in [0.2, 0.25) is 0 Å². The Labute approximate surface area is 88.7 Å². The summed E-state index contributed by atoms with van der Waals surface area (Å²) < 4.78 is 12.8. The molecule has 2 heterocycles. The number of fused-ring (bicyclic) bond motifs is 2. The first-order valence-corrected chi connectivity index (χ1v) is 5.49. The Kier molecular flexibility index (Phi) is 1.88. The van der Waals surface area contributed by atoms with Crippen LogP contribution in [0.1, 0.15) is 24.8 Å². The molecule has 0 aliphatic carbocycles. The van der Waals surface area contributed by atoms with E-state index in [1.165, 1.54) is 18.6 Å². The first-order chi connectivity index (χ1) is 7.18. The maximum Gasteiger partial charge on any atom is 0.123 e. The molecule has 2 saturated heterocycles. The lowest BCUT2D eigenvalue weighted by molar-refractivity contribution is 0.342. The topological polar surface area (TPSA) is 38.0 Å². The van der Waals surface area contributed by atoms with Gasteiger partial charge in [-0.15, -0.1) is 0 Å². The maximum atomic E-state index is 12.8. The first-order valence-electron chi connectivity index (χ1n) is 5.49. The molecule has 3 rings (SSSR count). The third kappa shape index (κ3) is 1.30. The fraction of sp³-hybridized carbons (Fsp3) is 0.500. The van der Waals surface area contributed by atoms with Crippen molar-refractivity contribution in [2.75, 3.05) is 0 Å². The van der Waals surface area contributed by atoms with Crippen molar-refractivity contribution < 1.29 is 4.39 Å². The lowest BCUT2D eigenvalue weighted by Crippen LogP contribution is -2.47. The Morgan fingerprint density at radius 3 is 2.53 bits per heavy atom. The second kappa shape index (κ2) is 3.03. The molecule has 2 nitrogen and oxygen atoms in total. The van der Waals surface area contributed by atoms with E-state index < -0.39 is 0 Å². The predicted octanol–water partition coefficient (Wildman–Crippen LogP) is 1.50. The summed E-state index contributed by atoms with van der Waals surface area (Å²) in [7, 11) is 0. The Morgan fingerprint density at radius 1 is 1.27 bits per heavy atom. The normalized spacial score (nSPS) is 38.5. The average Bonchev–Trinajstić information content (AvgIpc) is 2.78. The molecule has 3 heteroatoms. The summed E-state index contributed by atoms with van der Waals surface area (Å²) in [6.07, 6.45) is 3.34. The van der Waals surface area contributed by atoms with Gasteiger partial charge in [0.2, 0.25) is 0 Å². The van der Waals surface area contributed by atoms with Gasteiger partial charge in [-0.25, -0.2) is 4.39 Å². The first kappa shape index (κ1) is 9.31. The summed E-state index contributed by atoms with van der Waals surface area (Å²) in [6.45, 7) is 0. The smallest absolute Gasteiger partial charge is 0.123 e. The number of hydrogen-bond acceptors (Lipinski definition) is 2. The van der Waals surface area contributed by atoms with Gasteiger partial charge in [0.15, 0.2) is 0 Å². The van der Waals surface area contributed by atoms with E-state index in [2.05, 4.69) is 5.32 Å². The molecule has 3 N–H and O–H groups in total. The zero-order valence-corrected chi connectivity index (χ0v) is 8.54. The minimum Gasteiger partial charge on any atom is -0.320 e. The number of nitrogens with two attached hydrogens (primary N) is 1. The highest BCUT2D eigenvalue weighted by Crippen LogP contribution is 2.41. The monoisotopic (exact) mass is 206 g/mol. The van der Waals surface area contributed by atoms with Crippen LogP contribution in [-0.2, 0) is 5.54 Å². The Bertz CT molecular complexity index is 376. The maximum absolute atomic E-state index is 12.8. The second-order valence-electron chi connectivity index (χ2n) is 4.74. The van der Waals surface area contributed by atoms with Gasteiger partial charge in [0, 0.05) is 12.1 Å². The fourth-order valence-corrected chi connectivity index (χ4v) is 3.02. The zero-order chi connectivity index (χ0) is 10.5. The quantitative estimate of drug-likeness (QED) is 0.731. The van der Waals surface area contributed by atoms with E-state index in [-0.39, 0.29) is 11.4 Å². The molecule has 1 aromatic carbocycles. The summed E-state index contributed by atoms with van der Waals surface area (Å²) in [6, 6.07) is 7.56. The molecule has 0 aromatic heterocycles. The van der Waals surface area contributed by atoms with Crippen LogP contribution in [-0.4, -0.2) is 12.1 Å². The molecular weight excluding hydrogens is 191 g/mol. The lowest BCUT2D eigenvalue weighted by Gasteiger charge is -2.33. The van der Waals surface area contributed by atoms with Gasteiger partial charge in [-0.3, -0.25) is 0 Å². The standard InChI is InChI=1S/C12H15FN2/c13-9-3-1-8(2-4-9)12(14)7-10-5-6-11(12)15-10/h1-4,10-11,15H,5-7,14H2. The number of benzene rings is 1. The van der Waals surface area contributed by atoms with Crippen LogP contribution in [0, 0.1) is 5.82 Å². The highest BCUT2D eigenvalue weighted by atomic mass is 19.1. The van der Waals surface area contributed by atoms with Gasteiger partial charge in [-0.1, -0.05) is 12.1 Å². The van der Waals surface area contributed by atoms with Crippen LogP contribution >= 0.6 is 0 Å². The van der Waals surface area contributed by atoms with Gasteiger partial charge in [0.1, 0.15) is 5.82 Å². The van der Waals surface area contributed by atoms with Crippen molar-refractivity contribution >= 4 is 0 Å². The third-order valence-corrected chi connectivity index (χ3v) is 3.83. The summed E-state index contributed by atoms with van der Waals surface area (Å²) in [5, 5.41) is 3.51.